The van der Waals surface area contributed by atoms with Crippen molar-refractivity contribution >= 4 is 52.5 Å². The molecule has 31 heavy (non-hydrogen) atoms. The van der Waals surface area contributed by atoms with Gasteiger partial charge in [-0.3, -0.25) is 10.1 Å². The Labute approximate surface area is 177 Å². The average Bonchev–Trinajstić information content (AvgIpc) is 2.67. The van der Waals surface area contributed by atoms with Crippen LogP contribution in [-0.2, 0) is 8.53 Å². The number of carboxylic acids is 1. The number of aromatic carboxylic acids is 1. The summed E-state index contributed by atoms with van der Waals surface area (Å²) in [6, 6.07) is 12.9. The van der Waals surface area contributed by atoms with Crippen molar-refractivity contribution in [1.82, 2.24) is 0 Å². The number of anilines is 1. The van der Waals surface area contributed by atoms with Crippen LogP contribution in [-0.4, -0.2) is 49.4 Å². The Morgan fingerprint density at radius 3 is 2.26 bits per heavy atom. The fourth-order valence-corrected chi connectivity index (χ4v) is 4.04. The fourth-order valence-electron chi connectivity index (χ4n) is 2.62. The van der Waals surface area contributed by atoms with Crippen LogP contribution in [0.1, 0.15) is 17.3 Å². The van der Waals surface area contributed by atoms with Crippen LogP contribution in [0, 0.1) is 10.1 Å². The minimum Gasteiger partial charge on any atom is -0.478 e. The number of benzene rings is 3. The van der Waals surface area contributed by atoms with E-state index in [1.807, 2.05) is 0 Å². The number of carboxylic acid groups (broad SMARTS) is 1. The number of carbonyl (C=O) groups is 2. The average molecular weight is 492 g/mol. The van der Waals surface area contributed by atoms with Gasteiger partial charge >= 0.3 is 94.1 Å². The molecule has 0 atom stereocenters. The monoisotopic (exact) mass is 492 g/mol. The predicted octanol–water partition coefficient (Wildman–Crippen LogP) is 1.36. The summed E-state index contributed by atoms with van der Waals surface area (Å²) in [7, 11) is 0. The van der Waals surface area contributed by atoms with Gasteiger partial charge in [-0.2, -0.15) is 0 Å². The molecule has 0 fully saturated rings. The van der Waals surface area contributed by atoms with Gasteiger partial charge in [0.2, 0.25) is 0 Å². The summed E-state index contributed by atoms with van der Waals surface area (Å²) in [5, 5.41) is 32.4. The number of non-ortho nitro benzene ring substituents is 1. The van der Waals surface area contributed by atoms with Crippen molar-refractivity contribution in [2.75, 3.05) is 5.32 Å². The van der Waals surface area contributed by atoms with Gasteiger partial charge in [-0.25, -0.2) is 4.79 Å². The van der Waals surface area contributed by atoms with Gasteiger partial charge in [0.15, 0.2) is 0 Å². The molecule has 162 valence electrons. The van der Waals surface area contributed by atoms with E-state index in [0.717, 1.165) is 12.1 Å². The Balaban J connectivity index is 0.000000221. The summed E-state index contributed by atoms with van der Waals surface area (Å²) >= 11 is -5.15. The van der Waals surface area contributed by atoms with Crippen LogP contribution < -0.4 is 9.67 Å². The van der Waals surface area contributed by atoms with E-state index in [9.17, 15) is 28.5 Å². The Morgan fingerprint density at radius 1 is 1.06 bits per heavy atom. The third-order valence-electron chi connectivity index (χ3n) is 3.92. The molecule has 0 radical (unpaired) electrons. The molecular weight excluding hydrogens is 475 g/mol. The largest absolute Gasteiger partial charge is 0.478 e. The topological polar surface area (TPSA) is 187 Å². The molecule has 0 spiro atoms. The zero-order valence-corrected chi connectivity index (χ0v) is 17.8. The van der Waals surface area contributed by atoms with Crippen molar-refractivity contribution in [1.29, 1.82) is 0 Å². The Kier molecular flexibility index (Phi) is 7.19. The van der Waals surface area contributed by atoms with E-state index < -0.39 is 41.1 Å². The number of carbonyl (C=O) groups excluding carboxylic acids is 1. The third-order valence-corrected chi connectivity index (χ3v) is 6.00. The van der Waals surface area contributed by atoms with Crippen LogP contribution in [0.3, 0.4) is 0 Å². The van der Waals surface area contributed by atoms with Crippen LogP contribution in [0.5, 0.6) is 5.75 Å². The van der Waals surface area contributed by atoms with E-state index in [4.69, 9.17) is 13.3 Å². The Bertz CT molecular complexity index is 1220. The van der Waals surface area contributed by atoms with Crippen molar-refractivity contribution in [3.8, 4) is 5.75 Å². The molecule has 0 aliphatic heterocycles. The molecule has 0 saturated heterocycles. The van der Waals surface area contributed by atoms with Crippen molar-refractivity contribution in [3.63, 3.8) is 0 Å². The predicted molar refractivity (Wildman–Crippen MR) is 110 cm³/mol. The maximum absolute atomic E-state index is 11.0. The standard InChI is InChI=1S/C11H7NO4.C8H10AsNO5/c13-11(14)8-5-7-3-1-2-4-9(7)10(6-8)12(15)16;1-5(11)10-7-4-2-3-6(8(7)12)9(13,14)15/h1-6H,(H,13,14);2-4,12H,1H3,(H,10,11)(H2,13,14,15). The molecule has 0 aromatic heterocycles. The summed E-state index contributed by atoms with van der Waals surface area (Å²) in [5.41, 5.74) is -0.273. The molecule has 3 rings (SSSR count). The van der Waals surface area contributed by atoms with Crippen molar-refractivity contribution in [2.45, 2.75) is 6.92 Å². The molecule has 0 saturated carbocycles. The number of hydrogen-bond acceptors (Lipinski definition) is 6. The number of hydrogen-bond donors (Lipinski definition) is 5. The van der Waals surface area contributed by atoms with Gasteiger partial charge in [0.1, 0.15) is 0 Å². The number of aromatic hydroxyl groups is 1. The number of nitrogens with one attached hydrogen (secondary N) is 1. The summed E-state index contributed by atoms with van der Waals surface area (Å²) < 4.78 is 28.4. The first-order valence-electron chi connectivity index (χ1n) is 8.48. The van der Waals surface area contributed by atoms with E-state index in [2.05, 4.69) is 5.32 Å². The fraction of sp³-hybridized carbons (Fsp3) is 0.0526. The molecule has 0 aliphatic carbocycles. The molecular formula is C19H17AsN2O9. The smallest absolute Gasteiger partial charge is 0.335 e. The second-order valence-corrected chi connectivity index (χ2v) is 9.47. The molecule has 1 amide bonds. The SMILES string of the molecule is CC(=O)Nc1cccc([As](=O)(O)O)c1O.O=C(O)c1cc([N+](=O)[O-])c2ccccc2c1. The number of para-hydroxylation sites is 1. The molecule has 0 unspecified atom stereocenters. The first-order chi connectivity index (χ1) is 14.4. The van der Waals surface area contributed by atoms with Gasteiger partial charge in [0.25, 0.3) is 5.69 Å². The van der Waals surface area contributed by atoms with E-state index in [0.29, 0.717) is 10.8 Å². The Morgan fingerprint density at radius 2 is 1.71 bits per heavy atom. The van der Waals surface area contributed by atoms with E-state index >= 15 is 0 Å². The van der Waals surface area contributed by atoms with Crippen molar-refractivity contribution in [2.24, 2.45) is 0 Å². The van der Waals surface area contributed by atoms with Gasteiger partial charge in [0.05, 0.1) is 15.9 Å². The molecule has 0 aliphatic rings. The number of nitro benzene ring substituents is 1. The summed E-state index contributed by atoms with van der Waals surface area (Å²) in [4.78, 5) is 31.7. The summed E-state index contributed by atoms with van der Waals surface area (Å²) in [5.74, 6) is -2.19. The number of rotatable bonds is 4. The Hall–Kier alpha value is -3.66. The van der Waals surface area contributed by atoms with Crippen molar-refractivity contribution in [3.05, 3.63) is 70.3 Å². The van der Waals surface area contributed by atoms with Crippen molar-refractivity contribution < 1.29 is 36.7 Å². The van der Waals surface area contributed by atoms with Crippen LogP contribution in [0.15, 0.2) is 54.6 Å². The number of nitrogens with zero attached hydrogens (tertiary/aromatic N) is 1. The van der Waals surface area contributed by atoms with Crippen LogP contribution in [0.25, 0.3) is 10.8 Å². The van der Waals surface area contributed by atoms with E-state index in [1.54, 1.807) is 24.3 Å². The third kappa shape index (κ3) is 5.92. The molecule has 11 nitrogen and oxygen atoms in total. The second kappa shape index (κ2) is 9.43. The van der Waals surface area contributed by atoms with Gasteiger partial charge in [-0.05, 0) is 17.5 Å². The first kappa shape index (κ1) is 23.6. The minimum atomic E-state index is -5.15. The van der Waals surface area contributed by atoms with Crippen LogP contribution >= 0.6 is 0 Å². The molecule has 0 bridgehead atoms. The molecule has 3 aromatic carbocycles. The molecule has 0 heterocycles. The number of phenolic OH excluding ortho intramolecular Hbond substituents is 1. The number of fused-ring (bicyclic) bond motifs is 1. The number of phenols is 1. The van der Waals surface area contributed by atoms with E-state index in [1.165, 1.54) is 25.1 Å². The molecule has 3 aromatic rings. The molecule has 5 N–H and O–H groups in total. The van der Waals surface area contributed by atoms with E-state index in [-0.39, 0.29) is 16.9 Å². The first-order valence-corrected chi connectivity index (χ1v) is 11.9. The zero-order chi connectivity index (χ0) is 23.3. The second-order valence-electron chi connectivity index (χ2n) is 6.18. The van der Waals surface area contributed by atoms with Gasteiger partial charge < -0.3 is 5.11 Å². The zero-order valence-electron chi connectivity index (χ0n) is 15.9. The van der Waals surface area contributed by atoms with Crippen LogP contribution in [0.2, 0.25) is 0 Å². The number of amides is 1. The summed E-state index contributed by atoms with van der Waals surface area (Å²) in [6.45, 7) is 1.23. The maximum atomic E-state index is 11.0. The quantitative estimate of drug-likeness (QED) is 0.155. The van der Waals surface area contributed by atoms with Gasteiger partial charge in [0, 0.05) is 6.07 Å². The maximum Gasteiger partial charge on any atom is 0.335 e. The number of nitro groups is 1. The van der Waals surface area contributed by atoms with Gasteiger partial charge in [-0.1, -0.05) is 18.2 Å². The minimum absolute atomic E-state index is 0.00951. The van der Waals surface area contributed by atoms with Gasteiger partial charge in [-0.15, -0.1) is 0 Å². The summed E-state index contributed by atoms with van der Waals surface area (Å²) in [6.07, 6.45) is 0. The van der Waals surface area contributed by atoms with Crippen LogP contribution in [0.4, 0.5) is 11.4 Å². The molecule has 12 heteroatoms. The normalized spacial score (nSPS) is 10.7.